The molecule has 39 heavy (non-hydrogen) atoms. The summed E-state index contributed by atoms with van der Waals surface area (Å²) in [5, 5.41) is 5.64. The van der Waals surface area contributed by atoms with Crippen molar-refractivity contribution in [3.63, 3.8) is 0 Å². The quantitative estimate of drug-likeness (QED) is 0.265. The lowest BCUT2D eigenvalue weighted by Gasteiger charge is -2.16. The molecule has 2 N–H and O–H groups in total. The van der Waals surface area contributed by atoms with Gasteiger partial charge in [-0.05, 0) is 73.4 Å². The zero-order chi connectivity index (χ0) is 28.1. The predicted molar refractivity (Wildman–Crippen MR) is 151 cm³/mol. The number of imide groups is 1. The normalized spacial score (nSPS) is 13.1. The van der Waals surface area contributed by atoms with Crippen LogP contribution in [0.1, 0.15) is 52.6 Å². The van der Waals surface area contributed by atoms with Crippen molar-refractivity contribution in [1.82, 2.24) is 0 Å². The monoisotopic (exact) mass is 545 g/mol. The van der Waals surface area contributed by atoms with Crippen LogP contribution in [0.2, 0.25) is 0 Å². The average molecular weight is 546 g/mol. The molecule has 1 aliphatic heterocycles. The highest BCUT2D eigenvalue weighted by atomic mass is 35.5. The molecule has 0 spiro atoms. The molecule has 0 atom stereocenters. The Labute approximate surface area is 231 Å². The number of ether oxygens (including phenoxy) is 1. The number of carbonyl (C=O) groups is 4. The molecule has 0 aliphatic carbocycles. The first-order valence-electron chi connectivity index (χ1n) is 12.6. The fraction of sp³-hybridized carbons (Fsp3) is 0.200. The maximum atomic E-state index is 13.2. The van der Waals surface area contributed by atoms with Gasteiger partial charge in [0, 0.05) is 16.9 Å². The van der Waals surface area contributed by atoms with Crippen molar-refractivity contribution in [2.24, 2.45) is 0 Å². The Morgan fingerprint density at radius 2 is 1.49 bits per heavy atom. The Balaban J connectivity index is 1.53. The molecular weight excluding hydrogens is 518 g/mol. The van der Waals surface area contributed by atoms with Crippen LogP contribution >= 0.6 is 11.6 Å². The first-order valence-corrected chi connectivity index (χ1v) is 13.0. The summed E-state index contributed by atoms with van der Waals surface area (Å²) in [6, 6.07) is 18.4. The number of para-hydroxylation sites is 1. The smallest absolute Gasteiger partial charge is 0.338 e. The van der Waals surface area contributed by atoms with Gasteiger partial charge in [0.25, 0.3) is 17.7 Å². The summed E-state index contributed by atoms with van der Waals surface area (Å²) in [4.78, 5) is 52.0. The van der Waals surface area contributed by atoms with Crippen LogP contribution in [0, 0.1) is 0 Å². The number of hydrogen-bond donors (Lipinski definition) is 2. The van der Waals surface area contributed by atoms with Crippen molar-refractivity contribution < 1.29 is 23.9 Å². The maximum Gasteiger partial charge on any atom is 0.338 e. The van der Waals surface area contributed by atoms with Gasteiger partial charge in [0.05, 0.1) is 17.9 Å². The minimum absolute atomic E-state index is 0.113. The predicted octanol–water partition coefficient (Wildman–Crippen LogP) is 5.68. The van der Waals surface area contributed by atoms with Crippen LogP contribution in [-0.4, -0.2) is 30.3 Å². The van der Waals surface area contributed by atoms with Gasteiger partial charge < -0.3 is 15.4 Å². The summed E-state index contributed by atoms with van der Waals surface area (Å²) >= 11 is 6.27. The lowest BCUT2D eigenvalue weighted by molar-refractivity contribution is -0.120. The zero-order valence-corrected chi connectivity index (χ0v) is 22.6. The van der Waals surface area contributed by atoms with Crippen molar-refractivity contribution in [3.8, 4) is 0 Å². The van der Waals surface area contributed by atoms with E-state index >= 15 is 0 Å². The highest BCUT2D eigenvalue weighted by Gasteiger charge is 2.39. The van der Waals surface area contributed by atoms with E-state index in [0.717, 1.165) is 34.6 Å². The Hall–Kier alpha value is -4.43. The fourth-order valence-corrected chi connectivity index (χ4v) is 4.49. The van der Waals surface area contributed by atoms with Gasteiger partial charge in [-0.2, -0.15) is 0 Å². The number of aryl methyl sites for hydroxylation is 2. The third-order valence-electron chi connectivity index (χ3n) is 6.30. The maximum absolute atomic E-state index is 13.2. The first kappa shape index (κ1) is 27.6. The summed E-state index contributed by atoms with van der Waals surface area (Å²) in [7, 11) is 0. The molecule has 200 valence electrons. The topological polar surface area (TPSA) is 105 Å². The summed E-state index contributed by atoms with van der Waals surface area (Å²) in [6.45, 7) is 5.99. The van der Waals surface area contributed by atoms with Crippen molar-refractivity contribution >= 4 is 52.4 Å². The van der Waals surface area contributed by atoms with Crippen molar-refractivity contribution in [2.45, 2.75) is 33.6 Å². The lowest BCUT2D eigenvalue weighted by Crippen LogP contribution is -2.32. The number of anilines is 3. The number of benzene rings is 3. The number of carbonyl (C=O) groups excluding carboxylic acids is 4. The molecule has 3 aromatic rings. The number of esters is 1. The van der Waals surface area contributed by atoms with Crippen LogP contribution in [0.5, 0.6) is 0 Å². The van der Waals surface area contributed by atoms with Gasteiger partial charge in [-0.25, -0.2) is 9.69 Å². The van der Waals surface area contributed by atoms with E-state index in [0.29, 0.717) is 16.8 Å². The minimum Gasteiger partial charge on any atom is -0.462 e. The number of halogens is 1. The molecular formula is C30H28ClN3O5. The summed E-state index contributed by atoms with van der Waals surface area (Å²) in [5.74, 6) is -2.17. The first-order chi connectivity index (χ1) is 18.8. The summed E-state index contributed by atoms with van der Waals surface area (Å²) < 4.78 is 4.96. The number of amides is 3. The number of rotatable bonds is 9. The molecule has 0 unspecified atom stereocenters. The van der Waals surface area contributed by atoms with Crippen LogP contribution in [0.4, 0.5) is 17.1 Å². The fourth-order valence-electron chi connectivity index (χ4n) is 4.28. The second kappa shape index (κ2) is 12.0. The van der Waals surface area contributed by atoms with Crippen LogP contribution < -0.4 is 15.5 Å². The Morgan fingerprint density at radius 1 is 0.846 bits per heavy atom. The van der Waals surface area contributed by atoms with Gasteiger partial charge in [0.1, 0.15) is 10.7 Å². The van der Waals surface area contributed by atoms with Crippen LogP contribution in [0.15, 0.2) is 77.5 Å². The second-order valence-electron chi connectivity index (χ2n) is 8.72. The molecule has 0 radical (unpaired) electrons. The SMILES string of the molecule is CCOC(=O)c1ccc(N2C(=O)C(Cl)=C(Nc3cccc(C(=O)Nc4c(CC)cccc4CC)c3)C2=O)cc1. The van der Waals surface area contributed by atoms with Crippen molar-refractivity contribution in [1.29, 1.82) is 0 Å². The molecule has 0 saturated carbocycles. The number of nitrogens with one attached hydrogen (secondary N) is 2. The van der Waals surface area contributed by atoms with E-state index in [9.17, 15) is 19.2 Å². The van der Waals surface area contributed by atoms with E-state index in [1.807, 2.05) is 32.0 Å². The van der Waals surface area contributed by atoms with Crippen molar-refractivity contribution in [3.05, 3.63) is 99.7 Å². The molecule has 0 saturated heterocycles. The molecule has 8 nitrogen and oxygen atoms in total. The Bertz CT molecular complexity index is 1460. The zero-order valence-electron chi connectivity index (χ0n) is 21.8. The molecule has 1 aliphatic rings. The van der Waals surface area contributed by atoms with Gasteiger partial charge >= 0.3 is 5.97 Å². The van der Waals surface area contributed by atoms with Gasteiger partial charge in [-0.1, -0.05) is 49.7 Å². The molecule has 0 fully saturated rings. The van der Waals surface area contributed by atoms with Gasteiger partial charge in [0.2, 0.25) is 0 Å². The van der Waals surface area contributed by atoms with E-state index in [1.165, 1.54) is 24.3 Å². The van der Waals surface area contributed by atoms with Crippen LogP contribution in [0.3, 0.4) is 0 Å². The molecule has 1 heterocycles. The van der Waals surface area contributed by atoms with Crippen LogP contribution in [-0.2, 0) is 27.2 Å². The van der Waals surface area contributed by atoms with E-state index in [1.54, 1.807) is 31.2 Å². The summed E-state index contributed by atoms with van der Waals surface area (Å²) in [6.07, 6.45) is 1.55. The van der Waals surface area contributed by atoms with Gasteiger partial charge in [0.15, 0.2) is 0 Å². The number of hydrogen-bond acceptors (Lipinski definition) is 6. The average Bonchev–Trinajstić information content (AvgIpc) is 3.16. The Kier molecular flexibility index (Phi) is 8.46. The van der Waals surface area contributed by atoms with Gasteiger partial charge in [-0.15, -0.1) is 0 Å². The van der Waals surface area contributed by atoms with E-state index in [4.69, 9.17) is 16.3 Å². The molecule has 3 aromatic carbocycles. The third kappa shape index (κ3) is 5.71. The van der Waals surface area contributed by atoms with E-state index in [2.05, 4.69) is 10.6 Å². The lowest BCUT2D eigenvalue weighted by atomic mass is 10.0. The number of nitrogens with zero attached hydrogens (tertiary/aromatic N) is 1. The van der Waals surface area contributed by atoms with Crippen molar-refractivity contribution in [2.75, 3.05) is 22.1 Å². The largest absolute Gasteiger partial charge is 0.462 e. The third-order valence-corrected chi connectivity index (χ3v) is 6.65. The highest BCUT2D eigenvalue weighted by Crippen LogP contribution is 2.31. The molecule has 3 amide bonds. The molecule has 4 rings (SSSR count). The summed E-state index contributed by atoms with van der Waals surface area (Å²) in [5.41, 5.74) is 4.10. The molecule has 0 aromatic heterocycles. The van der Waals surface area contributed by atoms with E-state index in [-0.39, 0.29) is 28.9 Å². The van der Waals surface area contributed by atoms with Gasteiger partial charge in [-0.3, -0.25) is 14.4 Å². The highest BCUT2D eigenvalue weighted by molar-refractivity contribution is 6.53. The minimum atomic E-state index is -0.704. The molecule has 0 bridgehead atoms. The standard InChI is InChI=1S/C30H28ClN3O5/c1-4-18-9-7-10-19(5-2)25(18)33-27(35)21-11-8-12-22(17-21)32-26-24(31)28(36)34(29(26)37)23-15-13-20(14-16-23)30(38)39-6-3/h7-17,32H,4-6H2,1-3H3,(H,33,35). The molecule has 9 heteroatoms. The Morgan fingerprint density at radius 3 is 2.10 bits per heavy atom. The second-order valence-corrected chi connectivity index (χ2v) is 9.10. The van der Waals surface area contributed by atoms with Crippen LogP contribution in [0.25, 0.3) is 0 Å². The van der Waals surface area contributed by atoms with E-state index < -0.39 is 17.8 Å².